The van der Waals surface area contributed by atoms with Gasteiger partial charge in [-0.3, -0.25) is 4.79 Å². The number of oxazole rings is 1. The lowest BCUT2D eigenvalue weighted by atomic mass is 9.96. The van der Waals surface area contributed by atoms with Gasteiger partial charge >= 0.3 is 0 Å². The lowest BCUT2D eigenvalue weighted by Crippen LogP contribution is -2.38. The lowest BCUT2D eigenvalue weighted by molar-refractivity contribution is 0.0705. The highest BCUT2D eigenvalue weighted by Gasteiger charge is 2.29. The average Bonchev–Trinajstić information content (AvgIpc) is 3.43. The van der Waals surface area contributed by atoms with E-state index in [4.69, 9.17) is 16.0 Å². The second kappa shape index (κ2) is 8.19. The van der Waals surface area contributed by atoms with Gasteiger partial charge in [0.2, 0.25) is 0 Å². The van der Waals surface area contributed by atoms with Crippen LogP contribution in [0, 0.1) is 0 Å². The van der Waals surface area contributed by atoms with Crippen molar-refractivity contribution in [2.45, 2.75) is 32.1 Å². The van der Waals surface area contributed by atoms with Crippen molar-refractivity contribution in [1.82, 2.24) is 19.7 Å². The summed E-state index contributed by atoms with van der Waals surface area (Å²) in [6.07, 6.45) is 4.07. The van der Waals surface area contributed by atoms with Crippen LogP contribution in [0.2, 0.25) is 5.02 Å². The SMILES string of the molecule is CCc1c(C(=O)N2CCC(c3nc4cc(Cl)ccc4o3)CC2)cnn1-c1ccccc1. The highest BCUT2D eigenvalue weighted by Crippen LogP contribution is 2.31. The van der Waals surface area contributed by atoms with Crippen molar-refractivity contribution in [3.63, 3.8) is 0 Å². The predicted octanol–water partition coefficient (Wildman–Crippen LogP) is 5.25. The summed E-state index contributed by atoms with van der Waals surface area (Å²) in [5, 5.41) is 5.15. The van der Waals surface area contributed by atoms with Crippen LogP contribution < -0.4 is 0 Å². The number of piperidine rings is 1. The molecule has 31 heavy (non-hydrogen) atoms. The minimum Gasteiger partial charge on any atom is -0.440 e. The van der Waals surface area contributed by atoms with Crippen molar-refractivity contribution < 1.29 is 9.21 Å². The number of rotatable bonds is 4. The average molecular weight is 435 g/mol. The van der Waals surface area contributed by atoms with Gasteiger partial charge in [-0.25, -0.2) is 9.67 Å². The normalized spacial score (nSPS) is 15.0. The Bertz CT molecular complexity index is 1220. The highest BCUT2D eigenvalue weighted by molar-refractivity contribution is 6.31. The fourth-order valence-electron chi connectivity index (χ4n) is 4.28. The van der Waals surface area contributed by atoms with E-state index in [0.717, 1.165) is 47.6 Å². The van der Waals surface area contributed by atoms with Crippen LogP contribution in [-0.2, 0) is 6.42 Å². The summed E-state index contributed by atoms with van der Waals surface area (Å²) in [4.78, 5) is 19.8. The van der Waals surface area contributed by atoms with E-state index in [1.807, 2.05) is 52.0 Å². The Morgan fingerprint density at radius 3 is 2.68 bits per heavy atom. The number of hydrogen-bond donors (Lipinski definition) is 0. The number of nitrogens with zero attached hydrogens (tertiary/aromatic N) is 4. The van der Waals surface area contributed by atoms with Crippen molar-refractivity contribution >= 4 is 28.6 Å². The molecule has 0 N–H and O–H groups in total. The van der Waals surface area contributed by atoms with Gasteiger partial charge in [0, 0.05) is 24.0 Å². The molecule has 0 saturated carbocycles. The van der Waals surface area contributed by atoms with E-state index in [-0.39, 0.29) is 11.8 Å². The number of carbonyl (C=O) groups is 1. The van der Waals surface area contributed by atoms with Gasteiger partial charge in [0.05, 0.1) is 23.1 Å². The molecule has 0 unspecified atom stereocenters. The van der Waals surface area contributed by atoms with Crippen molar-refractivity contribution in [2.75, 3.05) is 13.1 Å². The fraction of sp³-hybridized carbons (Fsp3) is 0.292. The molecular formula is C24H23ClN4O2. The van der Waals surface area contributed by atoms with Crippen molar-refractivity contribution in [3.05, 3.63) is 76.9 Å². The molecule has 0 bridgehead atoms. The Morgan fingerprint density at radius 2 is 1.94 bits per heavy atom. The second-order valence-corrected chi connectivity index (χ2v) is 8.27. The zero-order valence-corrected chi connectivity index (χ0v) is 18.0. The maximum atomic E-state index is 13.3. The molecule has 1 saturated heterocycles. The fourth-order valence-corrected chi connectivity index (χ4v) is 4.44. The van der Waals surface area contributed by atoms with Gasteiger partial charge in [0.25, 0.3) is 5.91 Å². The van der Waals surface area contributed by atoms with Crippen molar-refractivity contribution in [1.29, 1.82) is 0 Å². The van der Waals surface area contributed by atoms with E-state index in [9.17, 15) is 4.79 Å². The van der Waals surface area contributed by atoms with Gasteiger partial charge < -0.3 is 9.32 Å². The zero-order chi connectivity index (χ0) is 21.4. The number of benzene rings is 2. The molecule has 6 nitrogen and oxygen atoms in total. The van der Waals surface area contributed by atoms with Gasteiger partial charge in [-0.15, -0.1) is 0 Å². The van der Waals surface area contributed by atoms with E-state index < -0.39 is 0 Å². The molecule has 7 heteroatoms. The molecular weight excluding hydrogens is 412 g/mol. The standard InChI is InChI=1S/C24H23ClN4O2/c1-2-21-19(15-26-29(21)18-6-4-3-5-7-18)24(30)28-12-10-16(11-13-28)23-27-20-14-17(25)8-9-22(20)31-23/h3-9,14-16H,2,10-13H2,1H3. The topological polar surface area (TPSA) is 64.2 Å². The number of fused-ring (bicyclic) bond motifs is 1. The largest absolute Gasteiger partial charge is 0.440 e. The molecule has 0 aliphatic carbocycles. The van der Waals surface area contributed by atoms with Crippen LogP contribution in [0.3, 0.4) is 0 Å². The first-order valence-corrected chi connectivity index (χ1v) is 11.0. The molecule has 3 heterocycles. The molecule has 1 amide bonds. The summed E-state index contributed by atoms with van der Waals surface area (Å²) in [5.41, 5.74) is 4.12. The molecule has 1 fully saturated rings. The molecule has 5 rings (SSSR count). The van der Waals surface area contributed by atoms with Crippen LogP contribution in [-0.4, -0.2) is 38.7 Å². The number of carbonyl (C=O) groups excluding carboxylic acids is 1. The number of likely N-dealkylation sites (tertiary alicyclic amines) is 1. The van der Waals surface area contributed by atoms with E-state index >= 15 is 0 Å². The van der Waals surface area contributed by atoms with Crippen LogP contribution in [0.25, 0.3) is 16.8 Å². The quantitative estimate of drug-likeness (QED) is 0.440. The van der Waals surface area contributed by atoms with Crippen LogP contribution in [0.4, 0.5) is 0 Å². The second-order valence-electron chi connectivity index (χ2n) is 7.84. The first-order chi connectivity index (χ1) is 15.1. The van der Waals surface area contributed by atoms with E-state index in [0.29, 0.717) is 23.7 Å². The molecule has 0 atom stereocenters. The van der Waals surface area contributed by atoms with Gasteiger partial charge in [0.1, 0.15) is 5.52 Å². The third-order valence-electron chi connectivity index (χ3n) is 5.93. The van der Waals surface area contributed by atoms with Crippen LogP contribution in [0.15, 0.2) is 59.1 Å². The maximum absolute atomic E-state index is 13.3. The Balaban J connectivity index is 1.31. The number of amides is 1. The first kappa shape index (κ1) is 19.8. The Morgan fingerprint density at radius 1 is 1.16 bits per heavy atom. The summed E-state index contributed by atoms with van der Waals surface area (Å²) in [7, 11) is 0. The summed E-state index contributed by atoms with van der Waals surface area (Å²) in [6.45, 7) is 3.39. The van der Waals surface area contributed by atoms with Gasteiger partial charge in [-0.1, -0.05) is 36.7 Å². The number of hydrogen-bond acceptors (Lipinski definition) is 4. The highest BCUT2D eigenvalue weighted by atomic mass is 35.5. The first-order valence-electron chi connectivity index (χ1n) is 10.6. The van der Waals surface area contributed by atoms with Crippen LogP contribution in [0.5, 0.6) is 0 Å². The number of aromatic nitrogens is 3. The monoisotopic (exact) mass is 434 g/mol. The summed E-state index contributed by atoms with van der Waals surface area (Å²) < 4.78 is 7.81. The van der Waals surface area contributed by atoms with Gasteiger partial charge in [-0.2, -0.15) is 5.10 Å². The molecule has 0 radical (unpaired) electrons. The Hall–Kier alpha value is -3.12. The summed E-state index contributed by atoms with van der Waals surface area (Å²) in [6, 6.07) is 15.4. The molecule has 158 valence electrons. The number of halogens is 1. The molecule has 4 aromatic rings. The van der Waals surface area contributed by atoms with Crippen molar-refractivity contribution in [3.8, 4) is 5.69 Å². The smallest absolute Gasteiger partial charge is 0.257 e. The maximum Gasteiger partial charge on any atom is 0.257 e. The van der Waals surface area contributed by atoms with Gasteiger partial charge in [-0.05, 0) is 49.6 Å². The predicted molar refractivity (Wildman–Crippen MR) is 120 cm³/mol. The molecule has 2 aromatic carbocycles. The zero-order valence-electron chi connectivity index (χ0n) is 17.3. The van der Waals surface area contributed by atoms with E-state index in [1.165, 1.54) is 0 Å². The minimum absolute atomic E-state index is 0.0434. The minimum atomic E-state index is 0.0434. The van der Waals surface area contributed by atoms with Crippen molar-refractivity contribution in [2.24, 2.45) is 0 Å². The van der Waals surface area contributed by atoms with Gasteiger partial charge in [0.15, 0.2) is 11.5 Å². The number of para-hydroxylation sites is 1. The Kier molecular flexibility index (Phi) is 5.24. The van der Waals surface area contributed by atoms with Crippen LogP contribution in [0.1, 0.15) is 47.6 Å². The van der Waals surface area contributed by atoms with E-state index in [1.54, 1.807) is 12.3 Å². The Labute approximate surface area is 185 Å². The molecule has 1 aliphatic rings. The third-order valence-corrected chi connectivity index (χ3v) is 6.17. The van der Waals surface area contributed by atoms with Crippen LogP contribution >= 0.6 is 11.6 Å². The summed E-state index contributed by atoms with van der Waals surface area (Å²) >= 11 is 6.06. The molecule has 1 aliphatic heterocycles. The molecule has 2 aromatic heterocycles. The third kappa shape index (κ3) is 3.72. The molecule has 0 spiro atoms. The lowest BCUT2D eigenvalue weighted by Gasteiger charge is -2.30. The summed E-state index contributed by atoms with van der Waals surface area (Å²) in [5.74, 6) is 0.977. The van der Waals surface area contributed by atoms with E-state index in [2.05, 4.69) is 17.0 Å².